The Kier molecular flexibility index (Phi) is 5.74. The summed E-state index contributed by atoms with van der Waals surface area (Å²) in [5.41, 5.74) is 0.731. The van der Waals surface area contributed by atoms with Gasteiger partial charge in [0.2, 0.25) is 11.8 Å². The Bertz CT molecular complexity index is 596. The largest absolute Gasteiger partial charge is 0.353 e. The standard InChI is InChI=1S/C18H24ClN3O2/c19-14-2-1-3-16(12-14)20-17(23)8-11-22-9-6-15(7-10-22)21-18(24)13-4-5-13/h1-3,12-13,15H,4-11H2,(H,20,23)(H,21,24). The summed E-state index contributed by atoms with van der Waals surface area (Å²) in [5, 5.41) is 6.63. The van der Waals surface area contributed by atoms with Crippen molar-refractivity contribution in [2.45, 2.75) is 38.1 Å². The number of piperidine rings is 1. The Hall–Kier alpha value is -1.59. The van der Waals surface area contributed by atoms with Crippen LogP contribution in [0.25, 0.3) is 0 Å². The van der Waals surface area contributed by atoms with E-state index in [9.17, 15) is 9.59 Å². The normalized spacial score (nSPS) is 19.0. The van der Waals surface area contributed by atoms with Crippen LogP contribution in [0, 0.1) is 5.92 Å². The minimum absolute atomic E-state index is 0.00132. The number of nitrogens with one attached hydrogen (secondary N) is 2. The number of anilines is 1. The van der Waals surface area contributed by atoms with Gasteiger partial charge in [-0.25, -0.2) is 0 Å². The maximum Gasteiger partial charge on any atom is 0.225 e. The number of halogens is 1. The molecule has 3 rings (SSSR count). The van der Waals surface area contributed by atoms with Crippen molar-refractivity contribution < 1.29 is 9.59 Å². The van der Waals surface area contributed by atoms with Crippen molar-refractivity contribution in [3.63, 3.8) is 0 Å². The fourth-order valence-corrected chi connectivity index (χ4v) is 3.21. The lowest BCUT2D eigenvalue weighted by molar-refractivity contribution is -0.123. The Balaban J connectivity index is 1.34. The van der Waals surface area contributed by atoms with E-state index in [1.54, 1.807) is 12.1 Å². The lowest BCUT2D eigenvalue weighted by Gasteiger charge is -2.32. The smallest absolute Gasteiger partial charge is 0.225 e. The van der Waals surface area contributed by atoms with Crippen molar-refractivity contribution >= 4 is 29.1 Å². The molecular formula is C18H24ClN3O2. The molecule has 0 spiro atoms. The Labute approximate surface area is 147 Å². The second-order valence-electron chi connectivity index (χ2n) is 6.71. The molecule has 2 N–H and O–H groups in total. The average molecular weight is 350 g/mol. The summed E-state index contributed by atoms with van der Waals surface area (Å²) < 4.78 is 0. The summed E-state index contributed by atoms with van der Waals surface area (Å²) in [6.07, 6.45) is 4.49. The van der Waals surface area contributed by atoms with E-state index in [4.69, 9.17) is 11.6 Å². The van der Waals surface area contributed by atoms with Gasteiger partial charge in [0, 0.05) is 48.7 Å². The number of carbonyl (C=O) groups is 2. The molecule has 6 heteroatoms. The van der Waals surface area contributed by atoms with Gasteiger partial charge in [-0.15, -0.1) is 0 Å². The van der Waals surface area contributed by atoms with E-state index in [1.165, 1.54) is 0 Å². The van der Waals surface area contributed by atoms with Gasteiger partial charge < -0.3 is 15.5 Å². The van der Waals surface area contributed by atoms with Crippen LogP contribution in [0.2, 0.25) is 5.02 Å². The number of hydrogen-bond donors (Lipinski definition) is 2. The highest BCUT2D eigenvalue weighted by Gasteiger charge is 2.31. The third-order valence-electron chi connectivity index (χ3n) is 4.65. The minimum atomic E-state index is 0.00132. The lowest BCUT2D eigenvalue weighted by Crippen LogP contribution is -2.45. The quantitative estimate of drug-likeness (QED) is 0.830. The van der Waals surface area contributed by atoms with Crippen LogP contribution in [-0.2, 0) is 9.59 Å². The zero-order valence-electron chi connectivity index (χ0n) is 13.8. The third-order valence-corrected chi connectivity index (χ3v) is 4.88. The number of benzene rings is 1. The predicted molar refractivity (Wildman–Crippen MR) is 95.0 cm³/mol. The van der Waals surface area contributed by atoms with Crippen LogP contribution in [0.3, 0.4) is 0 Å². The molecule has 2 fully saturated rings. The van der Waals surface area contributed by atoms with Crippen LogP contribution >= 0.6 is 11.6 Å². The topological polar surface area (TPSA) is 61.4 Å². The van der Waals surface area contributed by atoms with Crippen molar-refractivity contribution in [3.8, 4) is 0 Å². The van der Waals surface area contributed by atoms with Gasteiger partial charge in [0.05, 0.1) is 0 Å². The number of rotatable bonds is 6. The molecule has 1 aliphatic carbocycles. The van der Waals surface area contributed by atoms with Gasteiger partial charge in [0.15, 0.2) is 0 Å². The first-order valence-corrected chi connectivity index (χ1v) is 9.06. The minimum Gasteiger partial charge on any atom is -0.353 e. The van der Waals surface area contributed by atoms with E-state index >= 15 is 0 Å². The van der Waals surface area contributed by atoms with Crippen LogP contribution in [0.5, 0.6) is 0 Å². The fraction of sp³-hybridized carbons (Fsp3) is 0.556. The highest BCUT2D eigenvalue weighted by atomic mass is 35.5. The second-order valence-corrected chi connectivity index (χ2v) is 7.14. The fourth-order valence-electron chi connectivity index (χ4n) is 3.01. The summed E-state index contributed by atoms with van der Waals surface area (Å²) in [5.74, 6) is 0.508. The zero-order valence-corrected chi connectivity index (χ0v) is 14.5. The monoisotopic (exact) mass is 349 g/mol. The molecule has 1 saturated carbocycles. The molecule has 0 aromatic heterocycles. The molecule has 1 heterocycles. The number of nitrogens with zero attached hydrogens (tertiary/aromatic N) is 1. The van der Waals surface area contributed by atoms with Crippen molar-refractivity contribution in [3.05, 3.63) is 29.3 Å². The van der Waals surface area contributed by atoms with E-state index in [1.807, 2.05) is 12.1 Å². The summed E-state index contributed by atoms with van der Waals surface area (Å²) >= 11 is 5.91. The van der Waals surface area contributed by atoms with Crippen molar-refractivity contribution in [1.82, 2.24) is 10.2 Å². The SMILES string of the molecule is O=C(CCN1CCC(NC(=O)C2CC2)CC1)Nc1cccc(Cl)c1. The predicted octanol–water partition coefficient (Wildman–Crippen LogP) is 2.66. The lowest BCUT2D eigenvalue weighted by atomic mass is 10.0. The molecule has 0 bridgehead atoms. The molecule has 24 heavy (non-hydrogen) atoms. The summed E-state index contributed by atoms with van der Waals surface area (Å²) in [4.78, 5) is 26.1. The van der Waals surface area contributed by atoms with Gasteiger partial charge >= 0.3 is 0 Å². The Morgan fingerprint density at radius 1 is 1.17 bits per heavy atom. The molecule has 5 nitrogen and oxygen atoms in total. The maximum atomic E-state index is 12.0. The highest BCUT2D eigenvalue weighted by Crippen LogP contribution is 2.29. The molecule has 1 aliphatic heterocycles. The first-order valence-electron chi connectivity index (χ1n) is 8.68. The van der Waals surface area contributed by atoms with E-state index < -0.39 is 0 Å². The van der Waals surface area contributed by atoms with Gasteiger partial charge in [-0.1, -0.05) is 17.7 Å². The van der Waals surface area contributed by atoms with Crippen LogP contribution in [0.4, 0.5) is 5.69 Å². The average Bonchev–Trinajstić information content (AvgIpc) is 3.39. The Morgan fingerprint density at radius 3 is 2.58 bits per heavy atom. The summed E-state index contributed by atoms with van der Waals surface area (Å²) in [6.45, 7) is 2.61. The van der Waals surface area contributed by atoms with Gasteiger partial charge in [0.25, 0.3) is 0 Å². The van der Waals surface area contributed by atoms with E-state index in [2.05, 4.69) is 15.5 Å². The van der Waals surface area contributed by atoms with Crippen LogP contribution in [0.1, 0.15) is 32.1 Å². The maximum absolute atomic E-state index is 12.0. The summed E-state index contributed by atoms with van der Waals surface area (Å²) in [6, 6.07) is 7.47. The van der Waals surface area contributed by atoms with E-state index in [0.29, 0.717) is 17.5 Å². The van der Waals surface area contributed by atoms with Crippen molar-refractivity contribution in [2.24, 2.45) is 5.92 Å². The zero-order chi connectivity index (χ0) is 16.9. The molecule has 1 aromatic rings. The van der Waals surface area contributed by atoms with Crippen molar-refractivity contribution in [2.75, 3.05) is 25.0 Å². The molecule has 1 aromatic carbocycles. The van der Waals surface area contributed by atoms with Gasteiger partial charge in [0.1, 0.15) is 0 Å². The molecule has 0 unspecified atom stereocenters. The molecule has 2 amide bonds. The van der Waals surface area contributed by atoms with Gasteiger partial charge in [-0.2, -0.15) is 0 Å². The van der Waals surface area contributed by atoms with Gasteiger partial charge in [-0.05, 0) is 43.9 Å². The van der Waals surface area contributed by atoms with E-state index in [-0.39, 0.29) is 17.7 Å². The molecule has 1 saturated heterocycles. The van der Waals surface area contributed by atoms with Crippen LogP contribution < -0.4 is 10.6 Å². The number of likely N-dealkylation sites (tertiary alicyclic amines) is 1. The first kappa shape index (κ1) is 17.2. The number of amides is 2. The number of hydrogen-bond acceptors (Lipinski definition) is 3. The molecule has 2 aliphatic rings. The summed E-state index contributed by atoms with van der Waals surface area (Å²) in [7, 11) is 0. The second kappa shape index (κ2) is 7.99. The molecule has 0 atom stereocenters. The molecule has 0 radical (unpaired) electrons. The van der Waals surface area contributed by atoms with Crippen molar-refractivity contribution in [1.29, 1.82) is 0 Å². The Morgan fingerprint density at radius 2 is 1.92 bits per heavy atom. The van der Waals surface area contributed by atoms with E-state index in [0.717, 1.165) is 51.0 Å². The number of carbonyl (C=O) groups excluding carboxylic acids is 2. The van der Waals surface area contributed by atoms with Gasteiger partial charge in [-0.3, -0.25) is 9.59 Å². The molecule has 130 valence electrons. The molecular weight excluding hydrogens is 326 g/mol. The van der Waals surface area contributed by atoms with Crippen LogP contribution in [-0.4, -0.2) is 42.4 Å². The first-order chi connectivity index (χ1) is 11.6. The van der Waals surface area contributed by atoms with Crippen LogP contribution in [0.15, 0.2) is 24.3 Å². The third kappa shape index (κ3) is 5.21. The highest BCUT2D eigenvalue weighted by molar-refractivity contribution is 6.30.